The normalized spacial score (nSPS) is 11.0. The summed E-state index contributed by atoms with van der Waals surface area (Å²) in [5.74, 6) is 0.527. The van der Waals surface area contributed by atoms with Crippen LogP contribution in [-0.4, -0.2) is 27.1 Å². The van der Waals surface area contributed by atoms with Crippen LogP contribution in [-0.2, 0) is 0 Å². The van der Waals surface area contributed by atoms with E-state index in [2.05, 4.69) is 15.2 Å². The minimum atomic E-state index is -0.580. The fourth-order valence-corrected chi connectivity index (χ4v) is 3.20. The van der Waals surface area contributed by atoms with E-state index in [0.29, 0.717) is 17.1 Å². The van der Waals surface area contributed by atoms with E-state index in [-0.39, 0.29) is 0 Å². The number of nitrogens with zero attached hydrogens (tertiary/aromatic N) is 3. The first kappa shape index (κ1) is 16.3. The number of nitrogen functional groups attached to an aromatic ring is 1. The first-order valence-electron chi connectivity index (χ1n) is 8.28. The molecule has 0 spiro atoms. The number of hydrogen-bond donors (Lipinski definition) is 2. The van der Waals surface area contributed by atoms with Crippen molar-refractivity contribution in [2.45, 2.75) is 13.7 Å². The molecule has 2 aromatic carbocycles. The number of aromatic nitrogens is 3. The Balaban J connectivity index is 1.99. The van der Waals surface area contributed by atoms with Crippen molar-refractivity contribution in [3.63, 3.8) is 0 Å². The molecule has 128 valence electrons. The van der Waals surface area contributed by atoms with Crippen LogP contribution in [0.5, 0.6) is 0 Å². The number of hydrogen-bond acceptors (Lipinski definition) is 6. The maximum atomic E-state index is 10.1. The molecule has 3 N–H and O–H groups in total. The highest BCUT2D eigenvalue weighted by atomic mass is 16.3. The second-order valence-electron chi connectivity index (χ2n) is 6.30. The third kappa shape index (κ3) is 2.72. The lowest BCUT2D eigenvalue weighted by Crippen LogP contribution is -2.29. The zero-order valence-corrected chi connectivity index (χ0v) is 14.5. The molecule has 2 heterocycles. The molecule has 4 rings (SSSR count). The van der Waals surface area contributed by atoms with Crippen LogP contribution < -0.4 is 11.2 Å². The average molecular weight is 344 g/mol. The summed E-state index contributed by atoms with van der Waals surface area (Å²) in [6.45, 7) is 3.14. The molecular formula is C19H17BN4O2. The average Bonchev–Trinajstić information content (AvgIpc) is 3.15. The van der Waals surface area contributed by atoms with Crippen molar-refractivity contribution in [2.24, 2.45) is 0 Å². The molecule has 0 bridgehead atoms. The van der Waals surface area contributed by atoms with Gasteiger partial charge in [0.1, 0.15) is 6.26 Å². The summed E-state index contributed by atoms with van der Waals surface area (Å²) >= 11 is 0. The van der Waals surface area contributed by atoms with Crippen LogP contribution in [0.1, 0.15) is 5.56 Å². The van der Waals surface area contributed by atoms with Crippen molar-refractivity contribution >= 4 is 29.0 Å². The number of rotatable bonds is 3. The molecular weight excluding hydrogens is 327 g/mol. The highest BCUT2D eigenvalue weighted by molar-refractivity contribution is 6.65. The lowest BCUT2D eigenvalue weighted by molar-refractivity contribution is 0.574. The van der Waals surface area contributed by atoms with Crippen LogP contribution in [0.25, 0.3) is 33.5 Å². The van der Waals surface area contributed by atoms with E-state index in [1.54, 1.807) is 19.3 Å². The molecule has 26 heavy (non-hydrogen) atoms. The molecule has 7 heteroatoms. The van der Waals surface area contributed by atoms with Gasteiger partial charge < -0.3 is 15.2 Å². The fourth-order valence-electron chi connectivity index (χ4n) is 3.20. The molecule has 0 aliphatic heterocycles. The lowest BCUT2D eigenvalue weighted by atomic mass is 9.62. The van der Waals surface area contributed by atoms with Gasteiger partial charge in [-0.25, -0.2) is 4.98 Å². The SMILES string of the molecule is CB(O)c1cc(-c2ccc3c(N)cnnc3c2)c(-c2ncco2)cc1C. The molecule has 0 amide bonds. The van der Waals surface area contributed by atoms with E-state index < -0.39 is 6.92 Å². The van der Waals surface area contributed by atoms with E-state index in [9.17, 15) is 5.02 Å². The van der Waals surface area contributed by atoms with Crippen LogP contribution in [0, 0.1) is 6.92 Å². The Morgan fingerprint density at radius 2 is 2.00 bits per heavy atom. The third-order valence-electron chi connectivity index (χ3n) is 4.50. The lowest BCUT2D eigenvalue weighted by Gasteiger charge is -2.14. The summed E-state index contributed by atoms with van der Waals surface area (Å²) in [6, 6.07) is 9.79. The van der Waals surface area contributed by atoms with Crippen LogP contribution in [0.15, 0.2) is 53.4 Å². The maximum absolute atomic E-state index is 10.1. The Morgan fingerprint density at radius 3 is 2.73 bits per heavy atom. The second-order valence-corrected chi connectivity index (χ2v) is 6.30. The summed E-state index contributed by atoms with van der Waals surface area (Å²) in [5.41, 5.74) is 11.8. The van der Waals surface area contributed by atoms with E-state index in [1.807, 2.05) is 37.3 Å². The summed E-state index contributed by atoms with van der Waals surface area (Å²) < 4.78 is 5.52. The van der Waals surface area contributed by atoms with Gasteiger partial charge in [-0.15, -0.1) is 0 Å². The number of fused-ring (bicyclic) bond motifs is 1. The van der Waals surface area contributed by atoms with Crippen LogP contribution >= 0.6 is 0 Å². The summed E-state index contributed by atoms with van der Waals surface area (Å²) in [7, 11) is 0. The molecule has 0 radical (unpaired) electrons. The standard InChI is InChI=1S/C19H17BN4O2/c1-11-7-15(19-22-5-6-26-19)14(9-16(11)20(2)25)12-3-4-13-17(21)10-23-24-18(13)8-12/h3-10,25H,1-2H3,(H2,21,24). The van der Waals surface area contributed by atoms with Crippen LogP contribution in [0.3, 0.4) is 0 Å². The number of oxazole rings is 1. The first-order valence-corrected chi connectivity index (χ1v) is 8.28. The van der Waals surface area contributed by atoms with Crippen LogP contribution in [0.2, 0.25) is 6.82 Å². The van der Waals surface area contributed by atoms with Gasteiger partial charge in [-0.1, -0.05) is 24.5 Å². The minimum absolute atomic E-state index is 0.527. The van der Waals surface area contributed by atoms with Gasteiger partial charge in [0.2, 0.25) is 5.89 Å². The van der Waals surface area contributed by atoms with Gasteiger partial charge in [-0.05, 0) is 41.7 Å². The quantitative estimate of drug-likeness (QED) is 0.555. The number of nitrogens with two attached hydrogens (primary N) is 1. The van der Waals surface area contributed by atoms with E-state index in [4.69, 9.17) is 10.2 Å². The number of anilines is 1. The van der Waals surface area contributed by atoms with E-state index in [1.165, 1.54) is 6.20 Å². The van der Waals surface area contributed by atoms with Gasteiger partial charge in [-0.2, -0.15) is 10.2 Å². The number of aryl methyl sites for hydroxylation is 1. The molecule has 2 aromatic heterocycles. The van der Waals surface area contributed by atoms with Gasteiger partial charge in [-0.3, -0.25) is 0 Å². The molecule has 0 aliphatic carbocycles. The Labute approximate surface area is 150 Å². The maximum Gasteiger partial charge on any atom is 0.320 e. The van der Waals surface area contributed by atoms with Crippen molar-refractivity contribution in [3.05, 3.63) is 54.6 Å². The molecule has 0 saturated carbocycles. The Hall–Kier alpha value is -3.19. The Morgan fingerprint density at radius 1 is 1.15 bits per heavy atom. The first-order chi connectivity index (χ1) is 12.5. The summed E-state index contributed by atoms with van der Waals surface area (Å²) in [5, 5.41) is 19.1. The van der Waals surface area contributed by atoms with Crippen molar-refractivity contribution in [1.82, 2.24) is 15.2 Å². The minimum Gasteiger partial charge on any atom is -0.446 e. The monoisotopic (exact) mass is 344 g/mol. The highest BCUT2D eigenvalue weighted by Crippen LogP contribution is 2.33. The van der Waals surface area contributed by atoms with Crippen LogP contribution in [0.4, 0.5) is 5.69 Å². The van der Waals surface area contributed by atoms with Gasteiger partial charge in [0, 0.05) is 10.9 Å². The molecule has 0 atom stereocenters. The van der Waals surface area contributed by atoms with Crippen molar-refractivity contribution < 1.29 is 9.44 Å². The molecule has 4 aromatic rings. The zero-order valence-electron chi connectivity index (χ0n) is 14.5. The molecule has 0 saturated heterocycles. The fraction of sp³-hybridized carbons (Fsp3) is 0.105. The predicted octanol–water partition coefficient (Wildman–Crippen LogP) is 2.66. The summed E-state index contributed by atoms with van der Waals surface area (Å²) in [6.07, 6.45) is 4.70. The molecule has 0 fully saturated rings. The Kier molecular flexibility index (Phi) is 3.93. The topological polar surface area (TPSA) is 98.1 Å². The second kappa shape index (κ2) is 6.27. The number of benzene rings is 2. The Bertz CT molecular complexity index is 1090. The summed E-state index contributed by atoms with van der Waals surface area (Å²) in [4.78, 5) is 4.29. The van der Waals surface area contributed by atoms with Crippen molar-refractivity contribution in [1.29, 1.82) is 0 Å². The van der Waals surface area contributed by atoms with Gasteiger partial charge >= 0.3 is 6.92 Å². The highest BCUT2D eigenvalue weighted by Gasteiger charge is 2.18. The van der Waals surface area contributed by atoms with Crippen molar-refractivity contribution in [3.8, 4) is 22.6 Å². The van der Waals surface area contributed by atoms with E-state index in [0.717, 1.165) is 33.1 Å². The predicted molar refractivity (Wildman–Crippen MR) is 103 cm³/mol. The molecule has 0 unspecified atom stereocenters. The van der Waals surface area contributed by atoms with Gasteiger partial charge in [0.25, 0.3) is 0 Å². The molecule has 6 nitrogen and oxygen atoms in total. The van der Waals surface area contributed by atoms with Crippen molar-refractivity contribution in [2.75, 3.05) is 5.73 Å². The van der Waals surface area contributed by atoms with Gasteiger partial charge in [0.05, 0.1) is 23.6 Å². The largest absolute Gasteiger partial charge is 0.446 e. The van der Waals surface area contributed by atoms with Gasteiger partial charge in [0.15, 0.2) is 0 Å². The smallest absolute Gasteiger partial charge is 0.320 e. The third-order valence-corrected chi connectivity index (χ3v) is 4.50. The zero-order chi connectivity index (χ0) is 18.3. The molecule has 0 aliphatic rings. The van der Waals surface area contributed by atoms with E-state index >= 15 is 0 Å².